The lowest BCUT2D eigenvalue weighted by molar-refractivity contribution is -0.118. The van der Waals surface area contributed by atoms with Gasteiger partial charge < -0.3 is 5.11 Å². The molecular formula is C11H22O2S2. The molecule has 0 aromatic heterocycles. The smallest absolute Gasteiger partial charge is 0.133 e. The zero-order valence-corrected chi connectivity index (χ0v) is 11.5. The maximum Gasteiger partial charge on any atom is 0.133 e. The van der Waals surface area contributed by atoms with Gasteiger partial charge in [-0.3, -0.25) is 4.79 Å². The molecule has 0 aliphatic rings. The molecule has 0 heterocycles. The SMILES string of the molecule is CCCCC(=O)CCSSC(C)(C)CO. The van der Waals surface area contributed by atoms with Gasteiger partial charge >= 0.3 is 0 Å². The second-order valence-corrected chi connectivity index (χ2v) is 7.34. The Morgan fingerprint density at radius 3 is 2.53 bits per heavy atom. The fourth-order valence-corrected chi connectivity index (χ4v) is 3.26. The predicted octanol–water partition coefficient (Wildman–Crippen LogP) is 3.29. The molecule has 0 fully saturated rings. The Bertz CT molecular complexity index is 181. The largest absolute Gasteiger partial charge is 0.395 e. The predicted molar refractivity (Wildman–Crippen MR) is 70.4 cm³/mol. The minimum atomic E-state index is -0.100. The van der Waals surface area contributed by atoms with E-state index in [-0.39, 0.29) is 11.4 Å². The van der Waals surface area contributed by atoms with Gasteiger partial charge in [-0.25, -0.2) is 0 Å². The second kappa shape index (κ2) is 8.48. The summed E-state index contributed by atoms with van der Waals surface area (Å²) >= 11 is 0. The molecule has 0 bridgehead atoms. The fourth-order valence-electron chi connectivity index (χ4n) is 0.882. The molecular weight excluding hydrogens is 228 g/mol. The molecule has 0 radical (unpaired) electrons. The average molecular weight is 250 g/mol. The van der Waals surface area contributed by atoms with Crippen molar-refractivity contribution in [2.45, 2.75) is 51.2 Å². The van der Waals surface area contributed by atoms with Crippen LogP contribution in [0.4, 0.5) is 0 Å². The molecule has 0 unspecified atom stereocenters. The van der Waals surface area contributed by atoms with Crippen LogP contribution in [0.3, 0.4) is 0 Å². The molecule has 0 aromatic rings. The van der Waals surface area contributed by atoms with Crippen LogP contribution >= 0.6 is 21.6 Å². The lowest BCUT2D eigenvalue weighted by Crippen LogP contribution is -2.18. The molecule has 4 heteroatoms. The lowest BCUT2D eigenvalue weighted by Gasteiger charge is -2.19. The Morgan fingerprint density at radius 2 is 2.00 bits per heavy atom. The minimum absolute atomic E-state index is 0.100. The molecule has 0 saturated heterocycles. The summed E-state index contributed by atoms with van der Waals surface area (Å²) < 4.78 is -0.100. The molecule has 90 valence electrons. The molecule has 0 atom stereocenters. The van der Waals surface area contributed by atoms with Crippen molar-refractivity contribution < 1.29 is 9.90 Å². The number of hydrogen-bond donors (Lipinski definition) is 1. The summed E-state index contributed by atoms with van der Waals surface area (Å²) in [6.07, 6.45) is 3.49. The van der Waals surface area contributed by atoms with Gasteiger partial charge in [0.25, 0.3) is 0 Å². The van der Waals surface area contributed by atoms with Crippen LogP contribution < -0.4 is 0 Å². The fraction of sp³-hybridized carbons (Fsp3) is 0.909. The Hall–Kier alpha value is 0.330. The van der Waals surface area contributed by atoms with Crippen molar-refractivity contribution in [3.05, 3.63) is 0 Å². The van der Waals surface area contributed by atoms with E-state index < -0.39 is 0 Å². The third kappa shape index (κ3) is 9.27. The third-order valence-corrected chi connectivity index (χ3v) is 5.21. The van der Waals surface area contributed by atoms with Crippen molar-refractivity contribution in [1.29, 1.82) is 0 Å². The van der Waals surface area contributed by atoms with Crippen LogP contribution in [0.5, 0.6) is 0 Å². The highest BCUT2D eigenvalue weighted by molar-refractivity contribution is 8.77. The van der Waals surface area contributed by atoms with E-state index in [4.69, 9.17) is 5.11 Å². The van der Waals surface area contributed by atoms with Gasteiger partial charge in [-0.15, -0.1) is 0 Å². The number of aliphatic hydroxyl groups is 1. The minimum Gasteiger partial charge on any atom is -0.395 e. The molecule has 0 aromatic carbocycles. The van der Waals surface area contributed by atoms with E-state index in [9.17, 15) is 4.79 Å². The van der Waals surface area contributed by atoms with E-state index in [1.165, 1.54) is 0 Å². The molecule has 0 saturated carbocycles. The molecule has 1 N–H and O–H groups in total. The van der Waals surface area contributed by atoms with Gasteiger partial charge in [0, 0.05) is 23.3 Å². The summed E-state index contributed by atoms with van der Waals surface area (Å²) in [4.78, 5) is 11.3. The van der Waals surface area contributed by atoms with Crippen molar-refractivity contribution in [2.75, 3.05) is 12.4 Å². The number of ketones is 1. The van der Waals surface area contributed by atoms with Crippen molar-refractivity contribution in [3.8, 4) is 0 Å². The quantitative estimate of drug-likeness (QED) is 0.503. The third-order valence-electron chi connectivity index (χ3n) is 1.94. The Morgan fingerprint density at radius 1 is 1.33 bits per heavy atom. The van der Waals surface area contributed by atoms with E-state index in [2.05, 4.69) is 6.92 Å². The number of carbonyl (C=O) groups is 1. The summed E-state index contributed by atoms with van der Waals surface area (Å²) in [7, 11) is 3.34. The number of Topliss-reactive ketones (excluding diaryl/α,β-unsaturated/α-hetero) is 1. The van der Waals surface area contributed by atoms with E-state index in [1.807, 2.05) is 13.8 Å². The van der Waals surface area contributed by atoms with Crippen LogP contribution in [0.25, 0.3) is 0 Å². The van der Waals surface area contributed by atoms with Gasteiger partial charge in [0.2, 0.25) is 0 Å². The summed E-state index contributed by atoms with van der Waals surface area (Å²) in [5.41, 5.74) is 0. The molecule has 15 heavy (non-hydrogen) atoms. The van der Waals surface area contributed by atoms with Crippen LogP contribution in [0.2, 0.25) is 0 Å². The van der Waals surface area contributed by atoms with Crippen LogP contribution in [0.15, 0.2) is 0 Å². The average Bonchev–Trinajstić information content (AvgIpc) is 2.21. The zero-order valence-electron chi connectivity index (χ0n) is 9.91. The number of unbranched alkanes of at least 4 members (excludes halogenated alkanes) is 1. The van der Waals surface area contributed by atoms with Crippen molar-refractivity contribution in [3.63, 3.8) is 0 Å². The Kier molecular flexibility index (Phi) is 8.66. The standard InChI is InChI=1S/C11H22O2S2/c1-4-5-6-10(13)7-8-14-15-11(2,3)9-12/h12H,4-9H2,1-3H3. The number of rotatable bonds is 9. The van der Waals surface area contributed by atoms with Gasteiger partial charge in [0.15, 0.2) is 0 Å². The summed E-state index contributed by atoms with van der Waals surface area (Å²) in [6.45, 7) is 6.28. The zero-order chi connectivity index (χ0) is 11.7. The van der Waals surface area contributed by atoms with E-state index >= 15 is 0 Å². The van der Waals surface area contributed by atoms with Gasteiger partial charge in [0.05, 0.1) is 6.61 Å². The maximum absolute atomic E-state index is 11.3. The molecule has 2 nitrogen and oxygen atoms in total. The van der Waals surface area contributed by atoms with Gasteiger partial charge in [-0.1, -0.05) is 34.9 Å². The Balaban J connectivity index is 3.42. The maximum atomic E-state index is 11.3. The van der Waals surface area contributed by atoms with Crippen LogP contribution in [-0.4, -0.2) is 28.0 Å². The van der Waals surface area contributed by atoms with Gasteiger partial charge in [0.1, 0.15) is 5.78 Å². The van der Waals surface area contributed by atoms with Crippen molar-refractivity contribution >= 4 is 27.4 Å². The monoisotopic (exact) mass is 250 g/mol. The van der Waals surface area contributed by atoms with Crippen molar-refractivity contribution in [2.24, 2.45) is 0 Å². The normalized spacial score (nSPS) is 11.7. The number of hydrogen-bond acceptors (Lipinski definition) is 4. The highest BCUT2D eigenvalue weighted by Crippen LogP contribution is 2.35. The molecule has 0 spiro atoms. The molecule has 0 aliphatic heterocycles. The van der Waals surface area contributed by atoms with Crippen LogP contribution in [0, 0.1) is 0 Å². The van der Waals surface area contributed by atoms with Crippen LogP contribution in [0.1, 0.15) is 46.5 Å². The number of carbonyl (C=O) groups excluding carboxylic acids is 1. The molecule has 0 rings (SSSR count). The topological polar surface area (TPSA) is 37.3 Å². The van der Waals surface area contributed by atoms with Crippen molar-refractivity contribution in [1.82, 2.24) is 0 Å². The first kappa shape index (κ1) is 15.3. The summed E-state index contributed by atoms with van der Waals surface area (Å²) in [6, 6.07) is 0. The van der Waals surface area contributed by atoms with Crippen LogP contribution in [-0.2, 0) is 4.79 Å². The highest BCUT2D eigenvalue weighted by Gasteiger charge is 2.17. The summed E-state index contributed by atoms with van der Waals surface area (Å²) in [5, 5.41) is 9.02. The number of aliphatic hydroxyl groups excluding tert-OH is 1. The molecule has 0 aliphatic carbocycles. The second-order valence-electron chi connectivity index (χ2n) is 4.22. The Labute approximate surface area is 101 Å². The molecule has 0 amide bonds. The first-order valence-electron chi connectivity index (χ1n) is 5.45. The first-order valence-corrected chi connectivity index (χ1v) is 7.77. The highest BCUT2D eigenvalue weighted by atomic mass is 33.1. The summed E-state index contributed by atoms with van der Waals surface area (Å²) in [5.74, 6) is 1.23. The lowest BCUT2D eigenvalue weighted by atomic mass is 10.1. The van der Waals surface area contributed by atoms with E-state index in [0.29, 0.717) is 12.2 Å². The first-order chi connectivity index (χ1) is 7.02. The van der Waals surface area contributed by atoms with Gasteiger partial charge in [-0.05, 0) is 20.3 Å². The van der Waals surface area contributed by atoms with Gasteiger partial charge in [-0.2, -0.15) is 0 Å². The van der Waals surface area contributed by atoms with E-state index in [0.717, 1.165) is 25.0 Å². The van der Waals surface area contributed by atoms with E-state index in [1.54, 1.807) is 21.6 Å².